The number of furan rings is 2. The first-order chi connectivity index (χ1) is 33.8. The minimum absolute atomic E-state index is 0. The summed E-state index contributed by atoms with van der Waals surface area (Å²) < 4.78 is 11.9. The number of benzene rings is 8. The van der Waals surface area contributed by atoms with Crippen LogP contribution in [0, 0.1) is 12.1 Å². The molecule has 0 radical (unpaired) electrons. The number of para-hydroxylation sites is 6. The minimum atomic E-state index is 0. The minimum Gasteiger partial charge on any atom is -0.501 e. The Morgan fingerprint density at radius 1 is 0.371 bits per heavy atom. The molecule has 12 aromatic rings. The van der Waals surface area contributed by atoms with E-state index in [0.717, 1.165) is 89.1 Å². The fourth-order valence-electron chi connectivity index (χ4n) is 7.16. The van der Waals surface area contributed by atoms with Gasteiger partial charge in [0.05, 0.1) is 11.2 Å². The van der Waals surface area contributed by atoms with Crippen molar-refractivity contribution in [3.05, 3.63) is 266 Å². The monoisotopic (exact) mass is 1270 g/mol. The van der Waals surface area contributed by atoms with Crippen LogP contribution in [0.25, 0.3) is 77.0 Å². The topological polar surface area (TPSA) is 105 Å². The Balaban J connectivity index is 0.000000137. The Labute approximate surface area is 435 Å². The molecular formula is C60H42N6O2Pt2. The number of fused-ring (bicyclic) bond motifs is 6. The molecule has 70 heavy (non-hydrogen) atoms. The van der Waals surface area contributed by atoms with E-state index in [0.29, 0.717) is 0 Å². The van der Waals surface area contributed by atoms with Gasteiger partial charge in [0.1, 0.15) is 11.2 Å². The predicted octanol–water partition coefficient (Wildman–Crippen LogP) is 17.0. The molecule has 4 aromatic heterocycles. The van der Waals surface area contributed by atoms with Crippen molar-refractivity contribution in [2.45, 2.75) is 0 Å². The van der Waals surface area contributed by atoms with E-state index in [1.165, 1.54) is 0 Å². The summed E-state index contributed by atoms with van der Waals surface area (Å²) in [6.07, 6.45) is 6.71. The Kier molecular flexibility index (Phi) is 18.5. The summed E-state index contributed by atoms with van der Waals surface area (Å²) >= 11 is 0. The van der Waals surface area contributed by atoms with Gasteiger partial charge < -0.3 is 39.4 Å². The number of aliphatic imine (C=N–C) groups is 2. The second-order valence-electron chi connectivity index (χ2n) is 14.9. The summed E-state index contributed by atoms with van der Waals surface area (Å²) in [5, 5.41) is 12.9. The van der Waals surface area contributed by atoms with Gasteiger partial charge in [0.25, 0.3) is 0 Å². The van der Waals surface area contributed by atoms with E-state index in [1.54, 1.807) is 25.1 Å². The van der Waals surface area contributed by atoms with Crippen molar-refractivity contribution < 1.29 is 51.0 Å². The first kappa shape index (κ1) is 49.9. The normalized spacial score (nSPS) is 10.5. The summed E-state index contributed by atoms with van der Waals surface area (Å²) in [6, 6.07) is 81.2. The molecule has 10 heteroatoms. The van der Waals surface area contributed by atoms with Crippen molar-refractivity contribution in [1.82, 2.24) is 9.97 Å². The molecule has 0 fully saturated rings. The van der Waals surface area contributed by atoms with Gasteiger partial charge in [-0.15, -0.1) is 36.4 Å². The maximum atomic E-state index is 5.97. The summed E-state index contributed by atoms with van der Waals surface area (Å²) in [4.78, 5) is 17.2. The molecule has 8 aromatic carbocycles. The number of hydrogen-bond donors (Lipinski definition) is 0. The van der Waals surface area contributed by atoms with Crippen molar-refractivity contribution in [3.8, 4) is 22.5 Å². The Hall–Kier alpha value is -8.02. The van der Waals surface area contributed by atoms with Crippen LogP contribution in [0.5, 0.6) is 0 Å². The number of nitrogens with zero attached hydrogens (tertiary/aromatic N) is 6. The summed E-state index contributed by atoms with van der Waals surface area (Å²) in [6.45, 7) is 0. The second-order valence-corrected chi connectivity index (χ2v) is 14.9. The van der Waals surface area contributed by atoms with Gasteiger partial charge in [0.15, 0.2) is 0 Å². The van der Waals surface area contributed by atoms with Crippen molar-refractivity contribution in [3.63, 3.8) is 0 Å². The first-order valence-corrected chi connectivity index (χ1v) is 21.9. The fraction of sp³-hybridized carbons (Fsp3) is 0. The predicted molar refractivity (Wildman–Crippen MR) is 280 cm³/mol. The van der Waals surface area contributed by atoms with E-state index in [2.05, 4.69) is 54.9 Å². The van der Waals surface area contributed by atoms with Crippen LogP contribution in [-0.2, 0) is 42.1 Å². The SMILES string of the molecule is C(=Nc1ccccc1)[N-]c1ccccc1.C(=Nc1ccccc1)[N-]c1ccccc1.[Pt+2].[Pt+2].[c-]1ccc2c(oc3ccccc32)c1-c1ccccn1.[c-]1ccc2c(oc3ccccc32)c1-c1ccccn1. The maximum Gasteiger partial charge on any atom is 2.00 e. The third-order valence-electron chi connectivity index (χ3n) is 10.4. The third kappa shape index (κ3) is 13.1. The van der Waals surface area contributed by atoms with Gasteiger partial charge in [-0.1, -0.05) is 217 Å². The van der Waals surface area contributed by atoms with E-state index in [4.69, 9.17) is 8.83 Å². The molecule has 0 saturated carbocycles. The van der Waals surface area contributed by atoms with Crippen molar-refractivity contribution in [1.29, 1.82) is 0 Å². The van der Waals surface area contributed by atoms with Crippen LogP contribution in [0.1, 0.15) is 0 Å². The molecule has 4 heterocycles. The standard InChI is InChI=1S/2C17H10NO.2C13H11N2.2Pt/c2*1-2-10-16-12(6-1)13-7-5-8-14(17(13)19-16)15-9-3-4-11-18-15;2*1-3-7-12(8-4-1)14-11-15-13-9-5-2-6-10-13;;/h2*1-7,9-11H;2*1-11H;;/q4*-1;2*+2. The molecule has 12 rings (SSSR count). The van der Waals surface area contributed by atoms with Crippen LogP contribution >= 0.6 is 0 Å². The number of aromatic nitrogens is 2. The summed E-state index contributed by atoms with van der Waals surface area (Å²) in [5.41, 5.74) is 10.7. The second kappa shape index (κ2) is 25.9. The number of pyridine rings is 2. The van der Waals surface area contributed by atoms with E-state index >= 15 is 0 Å². The summed E-state index contributed by atoms with van der Waals surface area (Å²) in [7, 11) is 0. The zero-order valence-electron chi connectivity index (χ0n) is 37.4. The molecule has 0 aliphatic carbocycles. The molecule has 0 unspecified atom stereocenters. The van der Waals surface area contributed by atoms with Gasteiger partial charge in [-0.2, -0.15) is 0 Å². The Morgan fingerprint density at radius 2 is 0.729 bits per heavy atom. The van der Waals surface area contributed by atoms with Crippen LogP contribution in [-0.4, -0.2) is 22.6 Å². The molecule has 0 bridgehead atoms. The van der Waals surface area contributed by atoms with E-state index in [9.17, 15) is 0 Å². The van der Waals surface area contributed by atoms with E-state index < -0.39 is 0 Å². The van der Waals surface area contributed by atoms with E-state index in [1.807, 2.05) is 218 Å². The molecule has 0 aliphatic rings. The quantitative estimate of drug-likeness (QED) is 0.0858. The maximum absolute atomic E-state index is 5.97. The van der Waals surface area contributed by atoms with Crippen LogP contribution in [0.4, 0.5) is 22.7 Å². The zero-order valence-corrected chi connectivity index (χ0v) is 41.9. The van der Waals surface area contributed by atoms with Crippen molar-refractivity contribution >= 4 is 79.3 Å². The molecule has 0 saturated heterocycles. The average Bonchev–Trinajstić information content (AvgIpc) is 4.00. The molecule has 0 aliphatic heterocycles. The Morgan fingerprint density at radius 3 is 1.11 bits per heavy atom. The zero-order chi connectivity index (χ0) is 46.0. The smallest absolute Gasteiger partial charge is 0.501 e. The molecule has 0 amide bonds. The molecule has 0 atom stereocenters. The van der Waals surface area contributed by atoms with Crippen molar-refractivity contribution in [2.75, 3.05) is 0 Å². The van der Waals surface area contributed by atoms with Gasteiger partial charge in [-0.25, -0.2) is 0 Å². The Bertz CT molecular complexity index is 3270. The van der Waals surface area contributed by atoms with Gasteiger partial charge in [-0.3, -0.25) is 0 Å². The van der Waals surface area contributed by atoms with Crippen LogP contribution in [0.2, 0.25) is 0 Å². The van der Waals surface area contributed by atoms with Gasteiger partial charge >= 0.3 is 42.1 Å². The third-order valence-corrected chi connectivity index (χ3v) is 10.4. The average molecular weight is 1270 g/mol. The van der Waals surface area contributed by atoms with Gasteiger partial charge in [0.2, 0.25) is 0 Å². The molecule has 8 nitrogen and oxygen atoms in total. The first-order valence-electron chi connectivity index (χ1n) is 21.9. The van der Waals surface area contributed by atoms with Gasteiger partial charge in [-0.05, 0) is 58.4 Å². The van der Waals surface area contributed by atoms with Crippen LogP contribution in [0.3, 0.4) is 0 Å². The molecular weight excluding hydrogens is 1230 g/mol. The molecule has 0 N–H and O–H groups in total. The molecule has 0 spiro atoms. The largest absolute Gasteiger partial charge is 2.00 e. The fourth-order valence-corrected chi connectivity index (χ4v) is 7.16. The van der Waals surface area contributed by atoms with Crippen LogP contribution in [0.15, 0.2) is 262 Å². The summed E-state index contributed by atoms with van der Waals surface area (Å²) in [5.74, 6) is 0. The van der Waals surface area contributed by atoms with Gasteiger partial charge in [0, 0.05) is 23.2 Å². The van der Waals surface area contributed by atoms with Crippen molar-refractivity contribution in [2.24, 2.45) is 9.98 Å². The number of hydrogen-bond acceptors (Lipinski definition) is 6. The van der Waals surface area contributed by atoms with Crippen LogP contribution < -0.4 is 0 Å². The molecule has 344 valence electrons. The number of rotatable bonds is 8. The van der Waals surface area contributed by atoms with E-state index in [-0.39, 0.29) is 42.1 Å².